The van der Waals surface area contributed by atoms with E-state index in [1.165, 1.54) is 0 Å². The third-order valence-corrected chi connectivity index (χ3v) is 2.77. The Labute approximate surface area is 113 Å². The highest BCUT2D eigenvalue weighted by Gasteiger charge is 2.13. The molecule has 0 aromatic heterocycles. The molecule has 1 N–H and O–H groups in total. The molecule has 5 heteroatoms. The Bertz CT molecular complexity index is 420. The van der Waals surface area contributed by atoms with E-state index in [1.807, 2.05) is 25.1 Å². The van der Waals surface area contributed by atoms with Gasteiger partial charge in [-0.3, -0.25) is 4.79 Å². The summed E-state index contributed by atoms with van der Waals surface area (Å²) in [6, 6.07) is 5.57. The molecule has 0 spiro atoms. The van der Waals surface area contributed by atoms with Gasteiger partial charge in [-0.25, -0.2) is 0 Å². The molecule has 1 atom stereocenters. The Hall–Kier alpha value is -1.75. The molecular formula is C14H21NO4. The summed E-state index contributed by atoms with van der Waals surface area (Å²) in [5.74, 6) is 1.20. The number of rotatable bonds is 7. The first kappa shape index (κ1) is 15.3. The van der Waals surface area contributed by atoms with E-state index in [-0.39, 0.29) is 18.6 Å². The maximum Gasteiger partial charge on any atom is 0.319 e. The number of nitrogens with one attached hydrogen (secondary N) is 1. The van der Waals surface area contributed by atoms with Gasteiger partial charge in [0.25, 0.3) is 0 Å². The van der Waals surface area contributed by atoms with Crippen LogP contribution in [0.2, 0.25) is 0 Å². The monoisotopic (exact) mass is 267 g/mol. The van der Waals surface area contributed by atoms with Gasteiger partial charge in [0, 0.05) is 17.7 Å². The Morgan fingerprint density at radius 2 is 2.05 bits per heavy atom. The fourth-order valence-corrected chi connectivity index (χ4v) is 1.73. The summed E-state index contributed by atoms with van der Waals surface area (Å²) in [4.78, 5) is 11.3. The van der Waals surface area contributed by atoms with Crippen molar-refractivity contribution in [3.8, 4) is 11.5 Å². The fourth-order valence-electron chi connectivity index (χ4n) is 1.73. The maximum absolute atomic E-state index is 11.3. The Kier molecular flexibility index (Phi) is 6.15. The molecule has 5 nitrogen and oxygen atoms in total. The fraction of sp³-hybridized carbons (Fsp3) is 0.500. The van der Waals surface area contributed by atoms with Crippen molar-refractivity contribution in [3.63, 3.8) is 0 Å². The second kappa shape index (κ2) is 7.63. The standard InChI is InChI=1S/C14H21NO4/c1-5-19-14(16)9-15-10(2)12-7-6-11(17-3)8-13(12)18-4/h6-8,10,15H,5,9H2,1-4H3. The average molecular weight is 267 g/mol. The van der Waals surface area contributed by atoms with E-state index in [2.05, 4.69) is 5.32 Å². The van der Waals surface area contributed by atoms with E-state index in [1.54, 1.807) is 21.1 Å². The minimum atomic E-state index is -0.262. The molecule has 0 saturated carbocycles. The van der Waals surface area contributed by atoms with E-state index < -0.39 is 0 Å². The Balaban J connectivity index is 2.70. The summed E-state index contributed by atoms with van der Waals surface area (Å²) in [6.07, 6.45) is 0. The van der Waals surface area contributed by atoms with E-state index in [0.29, 0.717) is 6.61 Å². The summed E-state index contributed by atoms with van der Waals surface area (Å²) in [7, 11) is 3.22. The van der Waals surface area contributed by atoms with Gasteiger partial charge in [0.2, 0.25) is 0 Å². The van der Waals surface area contributed by atoms with Crippen molar-refractivity contribution < 1.29 is 19.0 Å². The minimum Gasteiger partial charge on any atom is -0.497 e. The van der Waals surface area contributed by atoms with E-state index in [4.69, 9.17) is 14.2 Å². The molecule has 19 heavy (non-hydrogen) atoms. The zero-order chi connectivity index (χ0) is 14.3. The topological polar surface area (TPSA) is 56.8 Å². The van der Waals surface area contributed by atoms with Gasteiger partial charge < -0.3 is 19.5 Å². The number of hydrogen-bond acceptors (Lipinski definition) is 5. The largest absolute Gasteiger partial charge is 0.497 e. The zero-order valence-corrected chi connectivity index (χ0v) is 11.9. The Morgan fingerprint density at radius 1 is 1.32 bits per heavy atom. The average Bonchev–Trinajstić information content (AvgIpc) is 2.44. The highest BCUT2D eigenvalue weighted by molar-refractivity contribution is 5.71. The van der Waals surface area contributed by atoms with Gasteiger partial charge in [0.15, 0.2) is 0 Å². The first-order valence-electron chi connectivity index (χ1n) is 6.23. The quantitative estimate of drug-likeness (QED) is 0.765. The van der Waals surface area contributed by atoms with Crippen LogP contribution in [0.4, 0.5) is 0 Å². The molecule has 0 aliphatic carbocycles. The number of carbonyl (C=O) groups is 1. The molecule has 1 aromatic rings. The van der Waals surface area contributed by atoms with Crippen molar-refractivity contribution >= 4 is 5.97 Å². The van der Waals surface area contributed by atoms with Crippen LogP contribution in [-0.2, 0) is 9.53 Å². The smallest absolute Gasteiger partial charge is 0.319 e. The molecule has 0 heterocycles. The normalized spacial score (nSPS) is 11.8. The van der Waals surface area contributed by atoms with Crippen LogP contribution in [0, 0.1) is 0 Å². The molecule has 0 radical (unpaired) electrons. The van der Waals surface area contributed by atoms with Crippen molar-refractivity contribution in [2.45, 2.75) is 19.9 Å². The number of methoxy groups -OCH3 is 2. The van der Waals surface area contributed by atoms with Gasteiger partial charge in [-0.1, -0.05) is 6.07 Å². The third kappa shape index (κ3) is 4.44. The molecule has 0 saturated heterocycles. The van der Waals surface area contributed by atoms with Crippen LogP contribution >= 0.6 is 0 Å². The lowest BCUT2D eigenvalue weighted by atomic mass is 10.1. The van der Waals surface area contributed by atoms with Gasteiger partial charge in [-0.05, 0) is 19.9 Å². The van der Waals surface area contributed by atoms with Crippen LogP contribution in [0.1, 0.15) is 25.5 Å². The van der Waals surface area contributed by atoms with Crippen molar-refractivity contribution in [2.75, 3.05) is 27.4 Å². The maximum atomic E-state index is 11.3. The van der Waals surface area contributed by atoms with Gasteiger partial charge in [0.1, 0.15) is 11.5 Å². The lowest BCUT2D eigenvalue weighted by Gasteiger charge is -2.17. The van der Waals surface area contributed by atoms with Gasteiger partial charge in [0.05, 0.1) is 27.4 Å². The molecule has 0 aliphatic rings. The number of ether oxygens (including phenoxy) is 3. The lowest BCUT2D eigenvalue weighted by Crippen LogP contribution is -2.27. The summed E-state index contributed by atoms with van der Waals surface area (Å²) >= 11 is 0. The molecule has 0 bridgehead atoms. The highest BCUT2D eigenvalue weighted by Crippen LogP contribution is 2.29. The van der Waals surface area contributed by atoms with E-state index in [0.717, 1.165) is 17.1 Å². The number of benzene rings is 1. The van der Waals surface area contributed by atoms with Gasteiger partial charge in [-0.2, -0.15) is 0 Å². The molecule has 1 unspecified atom stereocenters. The van der Waals surface area contributed by atoms with Crippen LogP contribution in [0.5, 0.6) is 11.5 Å². The number of esters is 1. The third-order valence-electron chi connectivity index (χ3n) is 2.77. The van der Waals surface area contributed by atoms with Crippen LogP contribution in [0.15, 0.2) is 18.2 Å². The first-order valence-corrected chi connectivity index (χ1v) is 6.23. The summed E-state index contributed by atoms with van der Waals surface area (Å²) in [5.41, 5.74) is 0.965. The van der Waals surface area contributed by atoms with E-state index >= 15 is 0 Å². The van der Waals surface area contributed by atoms with Crippen molar-refractivity contribution in [1.82, 2.24) is 5.32 Å². The summed E-state index contributed by atoms with van der Waals surface area (Å²) in [6.45, 7) is 4.31. The van der Waals surface area contributed by atoms with Crippen molar-refractivity contribution in [2.24, 2.45) is 0 Å². The molecule has 1 aromatic carbocycles. The Morgan fingerprint density at radius 3 is 2.63 bits per heavy atom. The number of hydrogen-bond donors (Lipinski definition) is 1. The molecule has 0 amide bonds. The predicted molar refractivity (Wildman–Crippen MR) is 72.6 cm³/mol. The SMILES string of the molecule is CCOC(=O)CNC(C)c1ccc(OC)cc1OC. The molecule has 0 fully saturated rings. The van der Waals surface area contributed by atoms with Crippen LogP contribution < -0.4 is 14.8 Å². The van der Waals surface area contributed by atoms with Crippen LogP contribution in [-0.4, -0.2) is 33.3 Å². The summed E-state index contributed by atoms with van der Waals surface area (Å²) in [5, 5.41) is 3.10. The second-order valence-corrected chi connectivity index (χ2v) is 4.02. The molecule has 1 rings (SSSR count). The molecule has 106 valence electrons. The lowest BCUT2D eigenvalue weighted by molar-refractivity contribution is -0.142. The van der Waals surface area contributed by atoms with Gasteiger partial charge >= 0.3 is 5.97 Å². The summed E-state index contributed by atoms with van der Waals surface area (Å²) < 4.78 is 15.3. The highest BCUT2D eigenvalue weighted by atomic mass is 16.5. The van der Waals surface area contributed by atoms with Crippen LogP contribution in [0.25, 0.3) is 0 Å². The van der Waals surface area contributed by atoms with Crippen molar-refractivity contribution in [1.29, 1.82) is 0 Å². The van der Waals surface area contributed by atoms with Crippen LogP contribution in [0.3, 0.4) is 0 Å². The first-order chi connectivity index (χ1) is 9.12. The van der Waals surface area contributed by atoms with Gasteiger partial charge in [-0.15, -0.1) is 0 Å². The zero-order valence-electron chi connectivity index (χ0n) is 11.9. The predicted octanol–water partition coefficient (Wildman–Crippen LogP) is 1.92. The molecular weight excluding hydrogens is 246 g/mol. The number of carbonyl (C=O) groups excluding carboxylic acids is 1. The molecule has 0 aliphatic heterocycles. The minimum absolute atomic E-state index is 0.0229. The second-order valence-electron chi connectivity index (χ2n) is 4.02. The van der Waals surface area contributed by atoms with E-state index in [9.17, 15) is 4.79 Å². The van der Waals surface area contributed by atoms with Crippen molar-refractivity contribution in [3.05, 3.63) is 23.8 Å².